The van der Waals surface area contributed by atoms with Gasteiger partial charge in [-0.15, -0.1) is 0 Å². The lowest BCUT2D eigenvalue weighted by Crippen LogP contribution is -2.21. The molecule has 0 saturated heterocycles. The average molecular weight is 397 g/mol. The van der Waals surface area contributed by atoms with Gasteiger partial charge in [0.1, 0.15) is 0 Å². The molecule has 0 saturated carbocycles. The van der Waals surface area contributed by atoms with Crippen LogP contribution in [0.15, 0.2) is 73.3 Å². The van der Waals surface area contributed by atoms with Crippen LogP contribution in [0.1, 0.15) is 19.4 Å². The van der Waals surface area contributed by atoms with Gasteiger partial charge in [-0.3, -0.25) is 0 Å². The van der Waals surface area contributed by atoms with Crippen LogP contribution >= 0.6 is 0 Å². The molecule has 0 fully saturated rings. The van der Waals surface area contributed by atoms with Crippen molar-refractivity contribution >= 4 is 28.1 Å². The Morgan fingerprint density at radius 2 is 1.93 bits per heavy atom. The van der Waals surface area contributed by atoms with E-state index in [0.29, 0.717) is 5.82 Å². The number of aromatic nitrogens is 4. The van der Waals surface area contributed by atoms with Gasteiger partial charge in [0.15, 0.2) is 11.5 Å². The van der Waals surface area contributed by atoms with Crippen LogP contribution in [0.4, 0.5) is 11.5 Å². The summed E-state index contributed by atoms with van der Waals surface area (Å²) in [6, 6.07) is 16.4. The Kier molecular flexibility index (Phi) is 4.29. The van der Waals surface area contributed by atoms with Gasteiger partial charge in [-0.25, -0.2) is 9.97 Å². The van der Waals surface area contributed by atoms with Crippen LogP contribution in [-0.4, -0.2) is 31.1 Å². The highest BCUT2D eigenvalue weighted by Crippen LogP contribution is 2.28. The molecule has 0 bridgehead atoms. The number of aromatic amines is 1. The zero-order valence-corrected chi connectivity index (χ0v) is 16.9. The van der Waals surface area contributed by atoms with Crippen molar-refractivity contribution in [2.75, 3.05) is 11.9 Å². The van der Waals surface area contributed by atoms with E-state index in [1.165, 1.54) is 5.39 Å². The number of hydrogen-bond donors (Lipinski definition) is 3. The number of nitrogens with one attached hydrogen (secondary N) is 2. The number of fused-ring (bicyclic) bond motifs is 2. The van der Waals surface area contributed by atoms with Gasteiger partial charge in [-0.1, -0.05) is 38.1 Å². The van der Waals surface area contributed by atoms with Crippen LogP contribution in [0.2, 0.25) is 0 Å². The van der Waals surface area contributed by atoms with Crippen molar-refractivity contribution in [1.82, 2.24) is 19.4 Å². The molecule has 3 N–H and O–H groups in total. The highest BCUT2D eigenvalue weighted by molar-refractivity contribution is 5.84. The minimum Gasteiger partial charge on any atom is -0.395 e. The molecule has 0 aliphatic rings. The van der Waals surface area contributed by atoms with Gasteiger partial charge in [0.05, 0.1) is 12.3 Å². The largest absolute Gasteiger partial charge is 0.395 e. The average Bonchev–Trinajstić information content (AvgIpc) is 3.43. The van der Waals surface area contributed by atoms with Crippen molar-refractivity contribution < 1.29 is 5.11 Å². The molecule has 0 radical (unpaired) electrons. The maximum absolute atomic E-state index is 9.60. The molecular weight excluding hydrogens is 374 g/mol. The van der Waals surface area contributed by atoms with Crippen LogP contribution in [0.5, 0.6) is 0 Å². The van der Waals surface area contributed by atoms with Gasteiger partial charge in [0.25, 0.3) is 0 Å². The van der Waals surface area contributed by atoms with E-state index in [2.05, 4.69) is 39.6 Å². The summed E-state index contributed by atoms with van der Waals surface area (Å²) >= 11 is 0. The van der Waals surface area contributed by atoms with E-state index in [4.69, 9.17) is 4.98 Å². The second-order valence-corrected chi connectivity index (χ2v) is 8.16. The van der Waals surface area contributed by atoms with Crippen LogP contribution in [-0.2, 0) is 5.41 Å². The van der Waals surface area contributed by atoms with Gasteiger partial charge in [0, 0.05) is 47.0 Å². The fourth-order valence-corrected chi connectivity index (χ4v) is 3.59. The summed E-state index contributed by atoms with van der Waals surface area (Å²) in [4.78, 5) is 12.6. The van der Waals surface area contributed by atoms with Crippen LogP contribution < -0.4 is 5.32 Å². The van der Waals surface area contributed by atoms with Crippen molar-refractivity contribution in [3.63, 3.8) is 0 Å². The molecule has 2 aromatic carbocycles. The zero-order chi connectivity index (χ0) is 20.7. The fraction of sp³-hybridized carbons (Fsp3) is 0.167. The number of hydrogen-bond acceptors (Lipinski definition) is 4. The second-order valence-electron chi connectivity index (χ2n) is 8.16. The van der Waals surface area contributed by atoms with Crippen molar-refractivity contribution in [3.05, 3.63) is 78.9 Å². The number of aliphatic hydroxyl groups excluding tert-OH is 1. The van der Waals surface area contributed by atoms with E-state index < -0.39 is 0 Å². The molecular formula is C24H23N5O. The molecule has 3 aromatic heterocycles. The Hall–Kier alpha value is -3.64. The molecule has 0 unspecified atom stereocenters. The first-order valence-corrected chi connectivity index (χ1v) is 9.93. The van der Waals surface area contributed by atoms with E-state index in [0.717, 1.165) is 33.7 Å². The summed E-state index contributed by atoms with van der Waals surface area (Å²) in [7, 11) is 0. The van der Waals surface area contributed by atoms with Crippen LogP contribution in [0.25, 0.3) is 27.8 Å². The Morgan fingerprint density at radius 3 is 2.73 bits per heavy atom. The highest BCUT2D eigenvalue weighted by atomic mass is 16.3. The first-order chi connectivity index (χ1) is 14.5. The maximum atomic E-state index is 9.60. The third-order valence-corrected chi connectivity index (χ3v) is 5.55. The first kappa shape index (κ1) is 18.4. The lowest BCUT2D eigenvalue weighted by atomic mass is 9.85. The Bertz CT molecular complexity index is 1330. The molecule has 5 aromatic rings. The molecule has 0 aliphatic carbocycles. The topological polar surface area (TPSA) is 78.2 Å². The number of rotatable bonds is 5. The maximum Gasteiger partial charge on any atom is 0.180 e. The lowest BCUT2D eigenvalue weighted by molar-refractivity contribution is 0.218. The van der Waals surface area contributed by atoms with E-state index in [1.807, 2.05) is 61.1 Å². The molecule has 0 amide bonds. The van der Waals surface area contributed by atoms with Crippen molar-refractivity contribution in [3.8, 4) is 11.3 Å². The summed E-state index contributed by atoms with van der Waals surface area (Å²) in [5, 5.41) is 14.2. The monoisotopic (exact) mass is 397 g/mol. The number of H-pyrrole nitrogens is 1. The van der Waals surface area contributed by atoms with Crippen molar-refractivity contribution in [2.24, 2.45) is 0 Å². The number of nitrogens with zero attached hydrogens (tertiary/aromatic N) is 3. The molecule has 6 heteroatoms. The predicted octanol–water partition coefficient (Wildman–Crippen LogP) is 4.89. The Morgan fingerprint density at radius 1 is 1.10 bits per heavy atom. The van der Waals surface area contributed by atoms with Crippen LogP contribution in [0.3, 0.4) is 0 Å². The zero-order valence-electron chi connectivity index (χ0n) is 16.9. The number of imidazole rings is 1. The highest BCUT2D eigenvalue weighted by Gasteiger charge is 2.19. The minimum atomic E-state index is -0.274. The van der Waals surface area contributed by atoms with Gasteiger partial charge in [-0.2, -0.15) is 0 Å². The quantitative estimate of drug-likeness (QED) is 0.394. The normalized spacial score (nSPS) is 12.0. The van der Waals surface area contributed by atoms with E-state index in [1.54, 1.807) is 6.20 Å². The summed E-state index contributed by atoms with van der Waals surface area (Å²) in [5.41, 5.74) is 5.46. The molecule has 150 valence electrons. The predicted molar refractivity (Wildman–Crippen MR) is 120 cm³/mol. The van der Waals surface area contributed by atoms with Gasteiger partial charge in [-0.05, 0) is 35.2 Å². The Labute approximate surface area is 174 Å². The second kappa shape index (κ2) is 7.00. The first-order valence-electron chi connectivity index (χ1n) is 9.93. The Balaban J connectivity index is 1.53. The standard InChI is InChI=1S/C24H23N5O/c1-24(2,15-30)18-5-7-19(8-6-18)27-22-23-26-11-12-29(23)14-21(28-22)17-4-3-16-9-10-25-20(16)13-17/h3-14,25,30H,15H2,1-2H3,(H,27,28). The SMILES string of the molecule is CC(C)(CO)c1ccc(Nc2nc(-c3ccc4cc[nH]c4c3)cn3ccnc23)cc1. The minimum absolute atomic E-state index is 0.100. The molecule has 0 spiro atoms. The molecule has 5 rings (SSSR count). The molecule has 6 nitrogen and oxygen atoms in total. The molecule has 30 heavy (non-hydrogen) atoms. The van der Waals surface area contributed by atoms with E-state index >= 15 is 0 Å². The smallest absolute Gasteiger partial charge is 0.180 e. The number of anilines is 2. The van der Waals surface area contributed by atoms with Gasteiger partial charge in [0.2, 0.25) is 0 Å². The third-order valence-electron chi connectivity index (χ3n) is 5.55. The van der Waals surface area contributed by atoms with Crippen molar-refractivity contribution in [1.29, 1.82) is 0 Å². The number of aliphatic hydroxyl groups is 1. The van der Waals surface area contributed by atoms with Gasteiger partial charge >= 0.3 is 0 Å². The summed E-state index contributed by atoms with van der Waals surface area (Å²) in [5.74, 6) is 0.693. The molecule has 3 heterocycles. The molecule has 0 atom stereocenters. The van der Waals surface area contributed by atoms with Gasteiger partial charge < -0.3 is 19.8 Å². The summed E-state index contributed by atoms with van der Waals surface area (Å²) in [6.07, 6.45) is 7.62. The summed E-state index contributed by atoms with van der Waals surface area (Å²) < 4.78 is 1.98. The van der Waals surface area contributed by atoms with E-state index in [9.17, 15) is 5.11 Å². The number of benzene rings is 2. The van der Waals surface area contributed by atoms with E-state index in [-0.39, 0.29) is 12.0 Å². The van der Waals surface area contributed by atoms with Crippen molar-refractivity contribution in [2.45, 2.75) is 19.3 Å². The fourth-order valence-electron chi connectivity index (χ4n) is 3.59. The third kappa shape index (κ3) is 3.21. The lowest BCUT2D eigenvalue weighted by Gasteiger charge is -2.22. The molecule has 0 aliphatic heterocycles. The van der Waals surface area contributed by atoms with Crippen LogP contribution in [0, 0.1) is 0 Å². The summed E-state index contributed by atoms with van der Waals surface area (Å²) in [6.45, 7) is 4.15.